The van der Waals surface area contributed by atoms with Gasteiger partial charge in [0.25, 0.3) is 5.91 Å². The highest BCUT2D eigenvalue weighted by Gasteiger charge is 2.29. The Bertz CT molecular complexity index is 919. The Labute approximate surface area is 173 Å². The van der Waals surface area contributed by atoms with Crippen LogP contribution >= 0.6 is 23.2 Å². The topological polar surface area (TPSA) is 51.7 Å². The molecule has 0 N–H and O–H groups in total. The summed E-state index contributed by atoms with van der Waals surface area (Å²) in [6.45, 7) is -0.439. The lowest BCUT2D eigenvalue weighted by Crippen LogP contribution is -2.28. The first-order valence-electron chi connectivity index (χ1n) is 8.45. The van der Waals surface area contributed by atoms with Crippen LogP contribution in [0.15, 0.2) is 24.4 Å². The van der Waals surface area contributed by atoms with Gasteiger partial charge >= 0.3 is 6.18 Å². The number of halogens is 6. The summed E-state index contributed by atoms with van der Waals surface area (Å²) in [6, 6.07) is 3.27. The molecule has 156 valence electrons. The van der Waals surface area contributed by atoms with Crippen LogP contribution in [0.25, 0.3) is 0 Å². The summed E-state index contributed by atoms with van der Waals surface area (Å²) in [4.78, 5) is 17.6. The number of nitrogens with zero attached hydrogens (tertiary/aromatic N) is 2. The Morgan fingerprint density at radius 1 is 1.14 bits per heavy atom. The zero-order chi connectivity index (χ0) is 21.2. The third kappa shape index (κ3) is 5.42. The van der Waals surface area contributed by atoms with Gasteiger partial charge in [0, 0.05) is 25.2 Å². The van der Waals surface area contributed by atoms with Crippen LogP contribution in [0.1, 0.15) is 23.2 Å². The van der Waals surface area contributed by atoms with Gasteiger partial charge in [-0.2, -0.15) is 13.2 Å². The molecule has 0 aliphatic carbocycles. The number of ether oxygens (including phenoxy) is 2. The summed E-state index contributed by atoms with van der Waals surface area (Å²) < 4.78 is 61.0. The Hall–Kier alpha value is -2.26. The molecule has 0 radical (unpaired) electrons. The molecule has 11 heteroatoms. The predicted octanol–water partition coefficient (Wildman–Crippen LogP) is 5.50. The summed E-state index contributed by atoms with van der Waals surface area (Å²) in [6.07, 6.45) is -1.77. The van der Waals surface area contributed by atoms with Gasteiger partial charge in [-0.05, 0) is 18.9 Å². The average molecular weight is 453 g/mol. The van der Waals surface area contributed by atoms with Crippen LogP contribution in [0.3, 0.4) is 0 Å². The lowest BCUT2D eigenvalue weighted by molar-refractivity contribution is -0.154. The molecule has 1 aromatic carbocycles. The van der Waals surface area contributed by atoms with Gasteiger partial charge in [-0.25, -0.2) is 9.37 Å². The number of alkyl halides is 3. The number of amides is 1. The van der Waals surface area contributed by atoms with E-state index in [0.717, 1.165) is 31.2 Å². The summed E-state index contributed by atoms with van der Waals surface area (Å²) in [5.41, 5.74) is -0.170. The molecule has 1 aliphatic heterocycles. The molecule has 0 bridgehead atoms. The molecule has 1 aliphatic rings. The normalized spacial score (nSPS) is 14.2. The molecule has 3 rings (SSSR count). The van der Waals surface area contributed by atoms with Crippen molar-refractivity contribution in [2.45, 2.75) is 19.0 Å². The lowest BCUT2D eigenvalue weighted by atomic mass is 10.1. The highest BCUT2D eigenvalue weighted by atomic mass is 35.5. The highest BCUT2D eigenvalue weighted by Crippen LogP contribution is 2.35. The van der Waals surface area contributed by atoms with E-state index in [4.69, 9.17) is 27.9 Å². The van der Waals surface area contributed by atoms with Crippen molar-refractivity contribution in [3.8, 4) is 17.4 Å². The first kappa shape index (κ1) is 21.4. The number of likely N-dealkylation sites (tertiary alicyclic amines) is 1. The van der Waals surface area contributed by atoms with Crippen LogP contribution in [0.2, 0.25) is 10.0 Å². The van der Waals surface area contributed by atoms with Gasteiger partial charge < -0.3 is 14.4 Å². The fraction of sp³-hybridized carbons (Fsp3) is 0.333. The van der Waals surface area contributed by atoms with Crippen molar-refractivity contribution in [2.24, 2.45) is 0 Å². The maximum Gasteiger partial charge on any atom is 0.422 e. The van der Waals surface area contributed by atoms with E-state index in [1.807, 2.05) is 0 Å². The summed E-state index contributed by atoms with van der Waals surface area (Å²) in [5, 5.41) is -0.258. The van der Waals surface area contributed by atoms with E-state index in [1.54, 1.807) is 4.90 Å². The van der Waals surface area contributed by atoms with Gasteiger partial charge in [-0.1, -0.05) is 23.2 Å². The largest absolute Gasteiger partial charge is 0.467 e. The van der Waals surface area contributed by atoms with Crippen molar-refractivity contribution in [3.63, 3.8) is 0 Å². The van der Waals surface area contributed by atoms with Gasteiger partial charge in [0.2, 0.25) is 5.88 Å². The number of pyridine rings is 1. The second-order valence-corrected chi connectivity index (χ2v) is 7.04. The summed E-state index contributed by atoms with van der Waals surface area (Å²) in [7, 11) is 0. The van der Waals surface area contributed by atoms with Crippen LogP contribution in [-0.4, -0.2) is 41.7 Å². The van der Waals surface area contributed by atoms with Crippen LogP contribution in [0, 0.1) is 5.82 Å². The Morgan fingerprint density at radius 2 is 1.83 bits per heavy atom. The average Bonchev–Trinajstić information content (AvgIpc) is 3.17. The first-order chi connectivity index (χ1) is 13.6. The van der Waals surface area contributed by atoms with E-state index < -0.39 is 30.4 Å². The summed E-state index contributed by atoms with van der Waals surface area (Å²) >= 11 is 12.0. The standard InChI is InChI=1S/C18H14Cl2F4N2O3/c19-12-6-11(17(27)26-3-1-2-4-26)14(21)7-15(12)29-10-5-13(20)16(25-8-10)28-9-18(22,23)24/h5-8H,1-4,9H2. The van der Waals surface area contributed by atoms with Gasteiger partial charge in [0.1, 0.15) is 22.3 Å². The maximum atomic E-state index is 14.4. The van der Waals surface area contributed by atoms with Gasteiger partial charge in [0.15, 0.2) is 6.61 Å². The van der Waals surface area contributed by atoms with E-state index in [1.165, 1.54) is 6.07 Å². The number of carbonyl (C=O) groups excluding carboxylic acids is 1. The highest BCUT2D eigenvalue weighted by molar-refractivity contribution is 6.32. The van der Waals surface area contributed by atoms with E-state index in [-0.39, 0.29) is 27.1 Å². The third-order valence-electron chi connectivity index (χ3n) is 4.03. The molecule has 1 amide bonds. The van der Waals surface area contributed by atoms with Crippen molar-refractivity contribution < 1.29 is 31.8 Å². The molecule has 1 fully saturated rings. The number of benzene rings is 1. The van der Waals surface area contributed by atoms with Crippen molar-refractivity contribution in [1.29, 1.82) is 0 Å². The smallest absolute Gasteiger partial charge is 0.422 e. The minimum atomic E-state index is -4.54. The first-order valence-corrected chi connectivity index (χ1v) is 9.21. The molecule has 5 nitrogen and oxygen atoms in total. The van der Waals surface area contributed by atoms with Crippen LogP contribution < -0.4 is 9.47 Å². The number of rotatable bonds is 5. The SMILES string of the molecule is O=C(c1cc(Cl)c(Oc2cnc(OCC(F)(F)F)c(Cl)c2)cc1F)N1CCCC1. The molecular weight excluding hydrogens is 439 g/mol. The quantitative estimate of drug-likeness (QED) is 0.562. The molecule has 0 spiro atoms. The molecule has 2 aromatic rings. The van der Waals surface area contributed by atoms with Crippen LogP contribution in [0.4, 0.5) is 17.6 Å². The minimum Gasteiger partial charge on any atom is -0.467 e. The molecule has 1 aromatic heterocycles. The maximum absolute atomic E-state index is 14.4. The zero-order valence-electron chi connectivity index (χ0n) is 14.7. The monoisotopic (exact) mass is 452 g/mol. The number of hydrogen-bond acceptors (Lipinski definition) is 4. The zero-order valence-corrected chi connectivity index (χ0v) is 16.2. The number of aromatic nitrogens is 1. The van der Waals surface area contributed by atoms with Crippen molar-refractivity contribution >= 4 is 29.1 Å². The molecule has 2 heterocycles. The molecular formula is C18H14Cl2F4N2O3. The molecule has 0 saturated carbocycles. The Morgan fingerprint density at radius 3 is 2.45 bits per heavy atom. The number of carbonyl (C=O) groups is 1. The van der Waals surface area contributed by atoms with Crippen molar-refractivity contribution in [3.05, 3.63) is 45.8 Å². The molecule has 1 saturated heterocycles. The van der Waals surface area contributed by atoms with Gasteiger partial charge in [-0.15, -0.1) is 0 Å². The van der Waals surface area contributed by atoms with Crippen LogP contribution in [-0.2, 0) is 0 Å². The predicted molar refractivity (Wildman–Crippen MR) is 97.4 cm³/mol. The third-order valence-corrected chi connectivity index (χ3v) is 4.59. The van der Waals surface area contributed by atoms with Crippen molar-refractivity contribution in [1.82, 2.24) is 9.88 Å². The van der Waals surface area contributed by atoms with E-state index in [2.05, 4.69) is 9.72 Å². The fourth-order valence-corrected chi connectivity index (χ4v) is 3.12. The number of hydrogen-bond donors (Lipinski definition) is 0. The Kier molecular flexibility index (Phi) is 6.38. The molecule has 0 unspecified atom stereocenters. The van der Waals surface area contributed by atoms with Crippen molar-refractivity contribution in [2.75, 3.05) is 19.7 Å². The second kappa shape index (κ2) is 8.62. The summed E-state index contributed by atoms with van der Waals surface area (Å²) in [5.74, 6) is -1.81. The minimum absolute atomic E-state index is 0.00530. The van der Waals surface area contributed by atoms with E-state index >= 15 is 0 Å². The van der Waals surface area contributed by atoms with Crippen LogP contribution in [0.5, 0.6) is 17.4 Å². The lowest BCUT2D eigenvalue weighted by Gasteiger charge is -2.17. The fourth-order valence-electron chi connectivity index (χ4n) is 2.71. The Balaban J connectivity index is 1.75. The molecule has 0 atom stereocenters. The van der Waals surface area contributed by atoms with Gasteiger partial charge in [0.05, 0.1) is 16.8 Å². The second-order valence-electron chi connectivity index (χ2n) is 6.23. The molecule has 29 heavy (non-hydrogen) atoms. The van der Waals surface area contributed by atoms with E-state index in [0.29, 0.717) is 13.1 Å². The van der Waals surface area contributed by atoms with Gasteiger partial charge in [-0.3, -0.25) is 4.79 Å². The van der Waals surface area contributed by atoms with E-state index in [9.17, 15) is 22.4 Å².